The normalized spacial score (nSPS) is 12.7. The van der Waals surface area contributed by atoms with E-state index in [1.807, 2.05) is 0 Å². The molecule has 0 aromatic rings. The van der Waals surface area contributed by atoms with Crippen LogP contribution in [0.4, 0.5) is 13.2 Å². The third-order valence-electron chi connectivity index (χ3n) is 5.77. The molecule has 0 rings (SSSR count). The Hall–Kier alpha value is -0.680. The number of rotatable bonds is 20. The summed E-state index contributed by atoms with van der Waals surface area (Å²) in [5, 5.41) is 18.3. The maximum atomic E-state index is 10.7. The van der Waals surface area contributed by atoms with Gasteiger partial charge < -0.3 is 19.2 Å². The SMILES string of the molecule is CCCCCCCC/C=C\CCCCCCCC[N+](C)(CCO)CCO.O=S(=O)([O-])C(F)(F)F. The molecule has 6 nitrogen and oxygen atoms in total. The van der Waals surface area contributed by atoms with E-state index in [9.17, 15) is 13.2 Å². The van der Waals surface area contributed by atoms with E-state index >= 15 is 0 Å². The van der Waals surface area contributed by atoms with Gasteiger partial charge in [0.05, 0.1) is 26.8 Å². The number of quaternary nitrogens is 1. The van der Waals surface area contributed by atoms with Crippen LogP contribution in [0.2, 0.25) is 0 Å². The molecule has 0 saturated heterocycles. The Morgan fingerprint density at radius 1 is 0.735 bits per heavy atom. The van der Waals surface area contributed by atoms with Crippen molar-refractivity contribution in [2.75, 3.05) is 39.9 Å². The number of unbranched alkanes of at least 4 members (excludes halogenated alkanes) is 12. The summed E-state index contributed by atoms with van der Waals surface area (Å²) in [4.78, 5) is 0. The number of nitrogens with zero attached hydrogens (tertiary/aromatic N) is 1. The Balaban J connectivity index is 0. The zero-order valence-corrected chi connectivity index (χ0v) is 22.0. The summed E-state index contributed by atoms with van der Waals surface area (Å²) in [6.07, 6.45) is 23.5. The zero-order valence-electron chi connectivity index (χ0n) is 21.2. The Kier molecular flexibility index (Phi) is 22.5. The quantitative estimate of drug-likeness (QED) is 0.0727. The van der Waals surface area contributed by atoms with Crippen molar-refractivity contribution in [2.45, 2.75) is 102 Å². The highest BCUT2D eigenvalue weighted by molar-refractivity contribution is 7.86. The lowest BCUT2D eigenvalue weighted by atomic mass is 10.1. The van der Waals surface area contributed by atoms with Crippen LogP contribution in [0.3, 0.4) is 0 Å². The number of hydrogen-bond acceptors (Lipinski definition) is 5. The molecule has 0 aromatic carbocycles. The van der Waals surface area contributed by atoms with E-state index in [1.54, 1.807) is 0 Å². The van der Waals surface area contributed by atoms with Gasteiger partial charge in [-0.1, -0.05) is 70.4 Å². The van der Waals surface area contributed by atoms with Gasteiger partial charge in [0.25, 0.3) is 0 Å². The third kappa shape index (κ3) is 23.1. The average Bonchev–Trinajstić information content (AvgIpc) is 2.73. The first kappa shape index (κ1) is 35.5. The first-order valence-corrected chi connectivity index (χ1v) is 14.1. The van der Waals surface area contributed by atoms with Crippen LogP contribution in [0.15, 0.2) is 12.2 Å². The van der Waals surface area contributed by atoms with E-state index < -0.39 is 15.6 Å². The molecule has 10 heteroatoms. The van der Waals surface area contributed by atoms with Crippen LogP contribution in [0.5, 0.6) is 0 Å². The molecule has 0 spiro atoms. The number of hydrogen-bond donors (Lipinski definition) is 2. The first-order valence-electron chi connectivity index (χ1n) is 12.7. The molecular weight excluding hydrogens is 471 g/mol. The minimum Gasteiger partial charge on any atom is -0.741 e. The predicted octanol–water partition coefficient (Wildman–Crippen LogP) is 5.51. The molecule has 0 saturated carbocycles. The maximum absolute atomic E-state index is 10.7. The van der Waals surface area contributed by atoms with Gasteiger partial charge in [0.15, 0.2) is 10.1 Å². The highest BCUT2D eigenvalue weighted by Gasteiger charge is 2.36. The molecule has 0 bridgehead atoms. The van der Waals surface area contributed by atoms with Crippen LogP contribution in [-0.4, -0.2) is 73.1 Å². The van der Waals surface area contributed by atoms with Gasteiger partial charge in [0.1, 0.15) is 13.1 Å². The summed E-state index contributed by atoms with van der Waals surface area (Å²) in [5.41, 5.74) is -5.65. The molecular formula is C24H48F3NO5S. The van der Waals surface area contributed by atoms with Crippen LogP contribution < -0.4 is 0 Å². The average molecular weight is 520 g/mol. The van der Waals surface area contributed by atoms with Crippen molar-refractivity contribution in [3.05, 3.63) is 12.2 Å². The van der Waals surface area contributed by atoms with E-state index in [0.717, 1.165) is 24.1 Å². The highest BCUT2D eigenvalue weighted by Crippen LogP contribution is 2.20. The molecule has 206 valence electrons. The lowest BCUT2D eigenvalue weighted by Gasteiger charge is -2.33. The summed E-state index contributed by atoms with van der Waals surface area (Å²) >= 11 is 0. The van der Waals surface area contributed by atoms with E-state index in [2.05, 4.69) is 26.1 Å². The van der Waals surface area contributed by atoms with Crippen LogP contribution in [0.1, 0.15) is 96.8 Å². The molecule has 0 amide bonds. The van der Waals surface area contributed by atoms with Crippen LogP contribution in [0.25, 0.3) is 0 Å². The summed E-state index contributed by atoms with van der Waals surface area (Å²) in [5.74, 6) is 0. The number of aliphatic hydroxyl groups excluding tert-OH is 2. The lowest BCUT2D eigenvalue weighted by Crippen LogP contribution is -2.48. The summed E-state index contributed by atoms with van der Waals surface area (Å²) in [6, 6.07) is 0. The third-order valence-corrected chi connectivity index (χ3v) is 6.34. The van der Waals surface area contributed by atoms with Crippen LogP contribution in [0, 0.1) is 0 Å². The second-order valence-electron chi connectivity index (χ2n) is 9.08. The fraction of sp³-hybridized carbons (Fsp3) is 0.917. The van der Waals surface area contributed by atoms with Gasteiger partial charge in [-0.2, -0.15) is 13.2 Å². The monoisotopic (exact) mass is 519 g/mol. The predicted molar refractivity (Wildman–Crippen MR) is 130 cm³/mol. The maximum Gasteiger partial charge on any atom is 0.485 e. The second kappa shape index (κ2) is 21.6. The molecule has 0 aliphatic heterocycles. The van der Waals surface area contributed by atoms with Crippen molar-refractivity contribution in [2.24, 2.45) is 0 Å². The van der Waals surface area contributed by atoms with Crippen molar-refractivity contribution in [3.63, 3.8) is 0 Å². The molecule has 0 aliphatic carbocycles. The Labute approximate surface area is 205 Å². The number of likely N-dealkylation sites (N-methyl/N-ethyl adjacent to an activating group) is 1. The van der Waals surface area contributed by atoms with Gasteiger partial charge >= 0.3 is 5.51 Å². The van der Waals surface area contributed by atoms with Crippen molar-refractivity contribution in [1.82, 2.24) is 0 Å². The number of allylic oxidation sites excluding steroid dienone is 2. The number of aliphatic hydroxyl groups is 2. The largest absolute Gasteiger partial charge is 0.741 e. The van der Waals surface area contributed by atoms with Gasteiger partial charge in [-0.3, -0.25) is 0 Å². The molecule has 0 radical (unpaired) electrons. The van der Waals surface area contributed by atoms with Gasteiger partial charge in [0.2, 0.25) is 0 Å². The van der Waals surface area contributed by atoms with Gasteiger partial charge in [-0.15, -0.1) is 0 Å². The smallest absolute Gasteiger partial charge is 0.485 e. The van der Waals surface area contributed by atoms with E-state index in [1.165, 1.54) is 89.9 Å². The Morgan fingerprint density at radius 3 is 1.44 bits per heavy atom. The summed E-state index contributed by atoms with van der Waals surface area (Å²) in [7, 11) is -3.95. The van der Waals surface area contributed by atoms with Crippen molar-refractivity contribution in [3.8, 4) is 0 Å². The molecule has 2 N–H and O–H groups in total. The lowest BCUT2D eigenvalue weighted by molar-refractivity contribution is -0.910. The zero-order chi connectivity index (χ0) is 26.3. The summed E-state index contributed by atoms with van der Waals surface area (Å²) < 4.78 is 59.7. The standard InChI is InChI=1S/C23H48NO2.CHF3O3S/c1-3-4-5-6-7-8-9-10-11-12-13-14-15-16-17-18-19-24(2,20-22-25)21-23-26;2-1(3,4)8(5,6)7/h10-11,25-26H,3-9,12-23H2,1-2H3;(H,5,6,7)/q+1;/p-1/b11-10-;. The van der Waals surface area contributed by atoms with Crippen LogP contribution >= 0.6 is 0 Å². The van der Waals surface area contributed by atoms with Gasteiger partial charge in [-0.05, 0) is 38.5 Å². The Morgan fingerprint density at radius 2 is 1.09 bits per heavy atom. The number of alkyl halides is 3. The van der Waals surface area contributed by atoms with Gasteiger partial charge in [-0.25, -0.2) is 8.42 Å². The van der Waals surface area contributed by atoms with Gasteiger partial charge in [0, 0.05) is 0 Å². The van der Waals surface area contributed by atoms with E-state index in [0.29, 0.717) is 0 Å². The molecule has 34 heavy (non-hydrogen) atoms. The van der Waals surface area contributed by atoms with E-state index in [-0.39, 0.29) is 13.2 Å². The summed E-state index contributed by atoms with van der Waals surface area (Å²) in [6.45, 7) is 5.28. The molecule has 0 fully saturated rings. The first-order chi connectivity index (χ1) is 15.9. The minimum absolute atomic E-state index is 0.211. The fourth-order valence-corrected chi connectivity index (χ4v) is 3.56. The van der Waals surface area contributed by atoms with Crippen molar-refractivity contribution < 1.29 is 40.8 Å². The van der Waals surface area contributed by atoms with Crippen LogP contribution in [-0.2, 0) is 10.1 Å². The van der Waals surface area contributed by atoms with Crippen molar-refractivity contribution in [1.29, 1.82) is 0 Å². The fourth-order valence-electron chi connectivity index (χ4n) is 3.56. The molecule has 0 atom stereocenters. The number of halogens is 3. The topological polar surface area (TPSA) is 97.7 Å². The second-order valence-corrected chi connectivity index (χ2v) is 10.4. The van der Waals surface area contributed by atoms with Crippen molar-refractivity contribution >= 4 is 10.1 Å². The highest BCUT2D eigenvalue weighted by atomic mass is 32.2. The minimum atomic E-state index is -6.09. The molecule has 0 unspecified atom stereocenters. The molecule has 0 heterocycles. The van der Waals surface area contributed by atoms with E-state index in [4.69, 9.17) is 23.2 Å². The molecule has 0 aliphatic rings. The Bertz CT molecular complexity index is 578. The molecule has 0 aromatic heterocycles.